The molecule has 0 aliphatic carbocycles. The first-order chi connectivity index (χ1) is 13.1. The lowest BCUT2D eigenvalue weighted by molar-refractivity contribution is 0.372. The fraction of sp³-hybridized carbons (Fsp3) is 0.550. The molecule has 2 aromatic rings. The van der Waals surface area contributed by atoms with Gasteiger partial charge in [-0.15, -0.1) is 0 Å². The van der Waals surface area contributed by atoms with E-state index in [1.807, 2.05) is 19.2 Å². The Morgan fingerprint density at radius 2 is 1.96 bits per heavy atom. The molecule has 7 nitrogen and oxygen atoms in total. The monoisotopic (exact) mass is 372 g/mol. The number of aromatic nitrogens is 2. The van der Waals surface area contributed by atoms with Crippen LogP contribution in [0.4, 0.5) is 5.82 Å². The highest BCUT2D eigenvalue weighted by Crippen LogP contribution is 2.14. The molecule has 0 unspecified atom stereocenters. The summed E-state index contributed by atoms with van der Waals surface area (Å²) in [5.74, 6) is 2.91. The molecule has 0 saturated heterocycles. The van der Waals surface area contributed by atoms with Crippen LogP contribution >= 0.6 is 0 Å². The molecule has 2 heterocycles. The van der Waals surface area contributed by atoms with Gasteiger partial charge >= 0.3 is 0 Å². The average molecular weight is 373 g/mol. The van der Waals surface area contributed by atoms with Gasteiger partial charge in [-0.3, -0.25) is 0 Å². The summed E-state index contributed by atoms with van der Waals surface area (Å²) >= 11 is 0. The highest BCUT2D eigenvalue weighted by Gasteiger charge is 2.08. The Hall–Kier alpha value is -2.57. The van der Waals surface area contributed by atoms with Gasteiger partial charge in [-0.05, 0) is 38.3 Å². The first-order valence-corrected chi connectivity index (χ1v) is 9.74. The standard InChI is InChI=1S/C20H32N6O/c1-6-21-20(24-14-17-11-18(15(4)5)25-27-17)23-13-16-9-10-19(22-12-16)26(7-2)8-3/h9-12,15H,6-8,13-14H2,1-5H3,(H2,21,23,24). The lowest BCUT2D eigenvalue weighted by Gasteiger charge is -2.19. The Labute approximate surface area is 162 Å². The van der Waals surface area contributed by atoms with Crippen molar-refractivity contribution in [2.45, 2.75) is 53.6 Å². The van der Waals surface area contributed by atoms with Gasteiger partial charge in [-0.25, -0.2) is 9.98 Å². The minimum absolute atomic E-state index is 0.358. The Balaban J connectivity index is 1.95. The third-order valence-electron chi connectivity index (χ3n) is 4.26. The van der Waals surface area contributed by atoms with Gasteiger partial charge in [-0.2, -0.15) is 0 Å². The molecular weight excluding hydrogens is 340 g/mol. The van der Waals surface area contributed by atoms with Crippen molar-refractivity contribution in [2.24, 2.45) is 4.99 Å². The SMILES string of the molecule is CCNC(=NCc1ccc(N(CC)CC)nc1)NCc1cc(C(C)C)no1. The maximum Gasteiger partial charge on any atom is 0.191 e. The molecule has 0 aliphatic rings. The molecule has 2 aromatic heterocycles. The van der Waals surface area contributed by atoms with Crippen LogP contribution in [0.2, 0.25) is 0 Å². The molecule has 0 bridgehead atoms. The van der Waals surface area contributed by atoms with Gasteiger partial charge in [0, 0.05) is 31.9 Å². The van der Waals surface area contributed by atoms with Crippen molar-refractivity contribution < 1.29 is 4.52 Å². The maximum absolute atomic E-state index is 5.36. The molecule has 0 saturated carbocycles. The van der Waals surface area contributed by atoms with Gasteiger partial charge in [0.15, 0.2) is 11.7 Å². The van der Waals surface area contributed by atoms with Gasteiger partial charge in [0.2, 0.25) is 0 Å². The number of hydrogen-bond donors (Lipinski definition) is 2. The zero-order valence-electron chi connectivity index (χ0n) is 17.1. The minimum Gasteiger partial charge on any atom is -0.359 e. The van der Waals surface area contributed by atoms with E-state index in [1.54, 1.807) is 0 Å². The summed E-state index contributed by atoms with van der Waals surface area (Å²) < 4.78 is 5.36. The quantitative estimate of drug-likeness (QED) is 0.519. The molecule has 0 aromatic carbocycles. The lowest BCUT2D eigenvalue weighted by Crippen LogP contribution is -2.36. The highest BCUT2D eigenvalue weighted by atomic mass is 16.5. The number of pyridine rings is 1. The molecule has 2 rings (SSSR count). The van der Waals surface area contributed by atoms with E-state index in [1.165, 1.54) is 0 Å². The van der Waals surface area contributed by atoms with E-state index < -0.39 is 0 Å². The lowest BCUT2D eigenvalue weighted by atomic mass is 10.1. The molecular formula is C20H32N6O. The third kappa shape index (κ3) is 6.27. The molecule has 27 heavy (non-hydrogen) atoms. The predicted molar refractivity (Wildman–Crippen MR) is 110 cm³/mol. The number of anilines is 1. The van der Waals surface area contributed by atoms with Crippen molar-refractivity contribution in [3.63, 3.8) is 0 Å². The first kappa shape index (κ1) is 20.7. The fourth-order valence-corrected chi connectivity index (χ4v) is 2.61. The summed E-state index contributed by atoms with van der Waals surface area (Å²) in [5, 5.41) is 10.6. The zero-order chi connectivity index (χ0) is 19.6. The van der Waals surface area contributed by atoms with Crippen molar-refractivity contribution in [3.8, 4) is 0 Å². The molecule has 2 N–H and O–H groups in total. The topological polar surface area (TPSA) is 78.6 Å². The van der Waals surface area contributed by atoms with Crippen molar-refractivity contribution >= 4 is 11.8 Å². The van der Waals surface area contributed by atoms with E-state index in [4.69, 9.17) is 4.52 Å². The van der Waals surface area contributed by atoms with Crippen LogP contribution in [0.25, 0.3) is 0 Å². The molecule has 0 radical (unpaired) electrons. The smallest absolute Gasteiger partial charge is 0.191 e. The van der Waals surface area contributed by atoms with Crippen LogP contribution < -0.4 is 15.5 Å². The summed E-state index contributed by atoms with van der Waals surface area (Å²) in [5.41, 5.74) is 2.04. The molecule has 148 valence electrons. The van der Waals surface area contributed by atoms with Crippen LogP contribution in [-0.4, -0.2) is 35.7 Å². The molecule has 0 amide bonds. The summed E-state index contributed by atoms with van der Waals surface area (Å²) in [6.07, 6.45) is 1.89. The van der Waals surface area contributed by atoms with Crippen LogP contribution in [0.15, 0.2) is 33.9 Å². The average Bonchev–Trinajstić information content (AvgIpc) is 3.15. The second-order valence-electron chi connectivity index (χ2n) is 6.62. The van der Waals surface area contributed by atoms with Gasteiger partial charge in [0.1, 0.15) is 5.82 Å². The van der Waals surface area contributed by atoms with E-state index >= 15 is 0 Å². The first-order valence-electron chi connectivity index (χ1n) is 9.74. The molecule has 0 fully saturated rings. The van der Waals surface area contributed by atoms with Gasteiger partial charge in [0.25, 0.3) is 0 Å². The predicted octanol–water partition coefficient (Wildman–Crippen LogP) is 3.29. The number of nitrogens with one attached hydrogen (secondary N) is 2. The van der Waals surface area contributed by atoms with Crippen LogP contribution in [0.5, 0.6) is 0 Å². The Morgan fingerprint density at radius 1 is 1.19 bits per heavy atom. The van der Waals surface area contributed by atoms with Crippen molar-refractivity contribution in [1.82, 2.24) is 20.8 Å². The van der Waals surface area contributed by atoms with E-state index in [2.05, 4.69) is 70.5 Å². The summed E-state index contributed by atoms with van der Waals surface area (Å²) in [7, 11) is 0. The maximum atomic E-state index is 5.36. The summed E-state index contributed by atoms with van der Waals surface area (Å²) in [6, 6.07) is 6.12. The number of guanidine groups is 1. The fourth-order valence-electron chi connectivity index (χ4n) is 2.61. The van der Waals surface area contributed by atoms with Crippen LogP contribution in [0.3, 0.4) is 0 Å². The third-order valence-corrected chi connectivity index (χ3v) is 4.26. The van der Waals surface area contributed by atoms with E-state index in [9.17, 15) is 0 Å². The highest BCUT2D eigenvalue weighted by molar-refractivity contribution is 5.79. The Bertz CT molecular complexity index is 704. The number of nitrogens with zero attached hydrogens (tertiary/aromatic N) is 4. The van der Waals surface area contributed by atoms with Crippen LogP contribution in [0, 0.1) is 0 Å². The number of hydrogen-bond acceptors (Lipinski definition) is 5. The van der Waals surface area contributed by atoms with Crippen molar-refractivity contribution in [1.29, 1.82) is 0 Å². The molecule has 0 atom stereocenters. The normalized spacial score (nSPS) is 11.7. The largest absolute Gasteiger partial charge is 0.359 e. The minimum atomic E-state index is 0.358. The van der Waals surface area contributed by atoms with Crippen molar-refractivity contribution in [3.05, 3.63) is 41.4 Å². The van der Waals surface area contributed by atoms with Crippen LogP contribution in [-0.2, 0) is 13.1 Å². The van der Waals surface area contributed by atoms with Gasteiger partial charge in [0.05, 0.1) is 18.8 Å². The Morgan fingerprint density at radius 3 is 2.52 bits per heavy atom. The van der Waals surface area contributed by atoms with Crippen LogP contribution in [0.1, 0.15) is 57.6 Å². The van der Waals surface area contributed by atoms with E-state index in [0.29, 0.717) is 19.0 Å². The van der Waals surface area contributed by atoms with Gasteiger partial charge in [-0.1, -0.05) is 25.1 Å². The zero-order valence-corrected chi connectivity index (χ0v) is 17.1. The summed E-state index contributed by atoms with van der Waals surface area (Å²) in [4.78, 5) is 11.4. The second kappa shape index (κ2) is 10.5. The van der Waals surface area contributed by atoms with E-state index in [0.717, 1.165) is 48.4 Å². The second-order valence-corrected chi connectivity index (χ2v) is 6.62. The van der Waals surface area contributed by atoms with Crippen molar-refractivity contribution in [2.75, 3.05) is 24.5 Å². The molecule has 0 aliphatic heterocycles. The molecule has 0 spiro atoms. The summed E-state index contributed by atoms with van der Waals surface area (Å²) in [6.45, 7) is 14.3. The van der Waals surface area contributed by atoms with Gasteiger partial charge < -0.3 is 20.1 Å². The van der Waals surface area contributed by atoms with E-state index in [-0.39, 0.29) is 0 Å². The number of aliphatic imine (C=N–C) groups is 1. The number of rotatable bonds is 9. The Kier molecular flexibility index (Phi) is 8.10. The molecule has 7 heteroatoms.